The summed E-state index contributed by atoms with van der Waals surface area (Å²) in [6.07, 6.45) is 4.14. The van der Waals surface area contributed by atoms with Crippen molar-refractivity contribution in [1.29, 1.82) is 0 Å². The van der Waals surface area contributed by atoms with E-state index in [1.165, 1.54) is 35.4 Å². The van der Waals surface area contributed by atoms with E-state index in [4.69, 9.17) is 23.2 Å². The van der Waals surface area contributed by atoms with Gasteiger partial charge in [-0.3, -0.25) is 4.79 Å². The first kappa shape index (κ1) is 12.8. The minimum atomic E-state index is -0.461. The summed E-state index contributed by atoms with van der Waals surface area (Å²) in [5, 5.41) is 14.0. The molecule has 0 aliphatic heterocycles. The van der Waals surface area contributed by atoms with Crippen molar-refractivity contribution >= 4 is 34.8 Å². The highest BCUT2D eigenvalue weighted by atomic mass is 35.5. The third-order valence-electron chi connectivity index (χ3n) is 2.67. The van der Waals surface area contributed by atoms with Crippen molar-refractivity contribution in [3.05, 3.63) is 52.0 Å². The summed E-state index contributed by atoms with van der Waals surface area (Å²) in [6.45, 7) is 0. The number of hydrogen-bond donors (Lipinski definition) is 1. The van der Waals surface area contributed by atoms with Gasteiger partial charge in [-0.05, 0) is 12.1 Å². The van der Waals surface area contributed by atoms with Gasteiger partial charge in [0.1, 0.15) is 12.1 Å². The number of carbonyl (C=O) groups excluding carboxylic acids is 1. The van der Waals surface area contributed by atoms with Crippen LogP contribution in [-0.4, -0.2) is 30.5 Å². The van der Waals surface area contributed by atoms with Crippen molar-refractivity contribution < 1.29 is 9.90 Å². The van der Waals surface area contributed by atoms with E-state index in [-0.39, 0.29) is 26.9 Å². The molecule has 0 amide bonds. The van der Waals surface area contributed by atoms with Gasteiger partial charge in [0.25, 0.3) is 5.78 Å². The van der Waals surface area contributed by atoms with Crippen LogP contribution in [0.15, 0.2) is 30.9 Å². The highest BCUT2D eigenvalue weighted by molar-refractivity contribution is 6.36. The van der Waals surface area contributed by atoms with Crippen molar-refractivity contribution in [2.24, 2.45) is 0 Å². The summed E-state index contributed by atoms with van der Waals surface area (Å²) in [7, 11) is 0. The van der Waals surface area contributed by atoms with Crippen LogP contribution in [-0.2, 0) is 0 Å². The standard InChI is InChI=1S/C12H6Cl2N4O2/c13-7-1-8(11(20)9(14)2-7)10(19)6-3-15-12-16-5-17-18(12)4-6/h1-5,20H. The first-order valence-electron chi connectivity index (χ1n) is 5.44. The number of carbonyl (C=O) groups is 1. The zero-order valence-corrected chi connectivity index (χ0v) is 11.3. The third kappa shape index (κ3) is 2.09. The molecular weight excluding hydrogens is 303 g/mol. The van der Waals surface area contributed by atoms with E-state index >= 15 is 0 Å². The van der Waals surface area contributed by atoms with Gasteiger partial charge in [0.15, 0.2) is 5.78 Å². The van der Waals surface area contributed by atoms with Crippen LogP contribution in [0.25, 0.3) is 5.78 Å². The van der Waals surface area contributed by atoms with E-state index < -0.39 is 5.78 Å². The lowest BCUT2D eigenvalue weighted by Gasteiger charge is -2.06. The van der Waals surface area contributed by atoms with E-state index in [9.17, 15) is 9.90 Å². The number of hydrogen-bond acceptors (Lipinski definition) is 5. The maximum Gasteiger partial charge on any atom is 0.252 e. The monoisotopic (exact) mass is 308 g/mol. The molecule has 0 aliphatic rings. The first-order chi connectivity index (χ1) is 9.56. The molecular formula is C12H6Cl2N4O2. The van der Waals surface area contributed by atoms with Crippen molar-refractivity contribution in [3.63, 3.8) is 0 Å². The number of nitrogens with zero attached hydrogens (tertiary/aromatic N) is 4. The largest absolute Gasteiger partial charge is 0.506 e. The number of phenols is 1. The number of halogens is 2. The molecule has 100 valence electrons. The fourth-order valence-electron chi connectivity index (χ4n) is 1.73. The molecule has 0 saturated carbocycles. The molecule has 0 unspecified atom stereocenters. The van der Waals surface area contributed by atoms with Crippen molar-refractivity contribution in [2.45, 2.75) is 0 Å². The molecule has 3 aromatic rings. The number of phenolic OH excluding ortho intramolecular Hbond substituents is 1. The molecule has 0 saturated heterocycles. The summed E-state index contributed by atoms with van der Waals surface area (Å²) in [5.41, 5.74) is 0.236. The normalized spacial score (nSPS) is 10.9. The Kier molecular flexibility index (Phi) is 3.04. The van der Waals surface area contributed by atoms with Crippen LogP contribution in [0.3, 0.4) is 0 Å². The fourth-order valence-corrected chi connectivity index (χ4v) is 2.23. The molecule has 6 nitrogen and oxygen atoms in total. The van der Waals surface area contributed by atoms with E-state index in [0.717, 1.165) is 0 Å². The van der Waals surface area contributed by atoms with Gasteiger partial charge in [-0.1, -0.05) is 23.2 Å². The second-order valence-electron chi connectivity index (χ2n) is 3.96. The Hall–Kier alpha value is -2.18. The summed E-state index contributed by atoms with van der Waals surface area (Å²) in [6, 6.07) is 2.70. The highest BCUT2D eigenvalue weighted by Gasteiger charge is 2.18. The molecule has 3 rings (SSSR count). The van der Waals surface area contributed by atoms with Gasteiger partial charge in [-0.25, -0.2) is 9.50 Å². The van der Waals surface area contributed by atoms with Crippen LogP contribution >= 0.6 is 23.2 Å². The molecule has 1 N–H and O–H groups in total. The molecule has 0 fully saturated rings. The lowest BCUT2D eigenvalue weighted by atomic mass is 10.1. The van der Waals surface area contributed by atoms with Crippen molar-refractivity contribution in [1.82, 2.24) is 19.6 Å². The molecule has 0 atom stereocenters. The maximum absolute atomic E-state index is 12.4. The molecule has 0 spiro atoms. The average molecular weight is 309 g/mol. The molecule has 0 bridgehead atoms. The van der Waals surface area contributed by atoms with Crippen LogP contribution in [0.1, 0.15) is 15.9 Å². The molecule has 0 radical (unpaired) electrons. The lowest BCUT2D eigenvalue weighted by Crippen LogP contribution is -2.05. The smallest absolute Gasteiger partial charge is 0.252 e. The van der Waals surface area contributed by atoms with Crippen molar-refractivity contribution in [3.8, 4) is 5.75 Å². The number of aromatic hydroxyl groups is 1. The van der Waals surface area contributed by atoms with Crippen molar-refractivity contribution in [2.75, 3.05) is 0 Å². The topological polar surface area (TPSA) is 80.4 Å². The summed E-state index contributed by atoms with van der Waals surface area (Å²) in [4.78, 5) is 20.2. The van der Waals surface area contributed by atoms with Crippen LogP contribution in [0, 0.1) is 0 Å². The maximum atomic E-state index is 12.4. The Morgan fingerprint density at radius 2 is 2.05 bits per heavy atom. The fraction of sp³-hybridized carbons (Fsp3) is 0. The van der Waals surface area contributed by atoms with Gasteiger partial charge >= 0.3 is 0 Å². The van der Waals surface area contributed by atoms with Crippen LogP contribution in [0.2, 0.25) is 10.0 Å². The van der Waals surface area contributed by atoms with E-state index in [1.54, 1.807) is 0 Å². The summed E-state index contributed by atoms with van der Waals surface area (Å²) >= 11 is 11.6. The Morgan fingerprint density at radius 1 is 1.25 bits per heavy atom. The number of fused-ring (bicyclic) bond motifs is 1. The van der Waals surface area contributed by atoms with E-state index in [1.807, 2.05) is 0 Å². The number of rotatable bonds is 2. The highest BCUT2D eigenvalue weighted by Crippen LogP contribution is 2.32. The second-order valence-corrected chi connectivity index (χ2v) is 4.80. The van der Waals surface area contributed by atoms with Gasteiger partial charge in [0.2, 0.25) is 0 Å². The number of aromatic nitrogens is 4. The minimum Gasteiger partial charge on any atom is -0.506 e. The molecule has 2 heterocycles. The van der Waals surface area contributed by atoms with Gasteiger partial charge in [0, 0.05) is 17.4 Å². The third-order valence-corrected chi connectivity index (χ3v) is 3.18. The minimum absolute atomic E-state index is 0.00349. The molecule has 1 aromatic carbocycles. The predicted molar refractivity (Wildman–Crippen MR) is 72.3 cm³/mol. The lowest BCUT2D eigenvalue weighted by molar-refractivity contribution is 0.103. The Bertz CT molecular complexity index is 831. The molecule has 2 aromatic heterocycles. The van der Waals surface area contributed by atoms with Gasteiger partial charge in [0.05, 0.1) is 16.1 Å². The molecule has 8 heteroatoms. The zero-order chi connectivity index (χ0) is 14.3. The van der Waals surface area contributed by atoms with E-state index in [0.29, 0.717) is 5.78 Å². The zero-order valence-electron chi connectivity index (χ0n) is 9.79. The quantitative estimate of drug-likeness (QED) is 0.735. The van der Waals surface area contributed by atoms with Gasteiger partial charge in [-0.15, -0.1) is 0 Å². The average Bonchev–Trinajstić information content (AvgIpc) is 2.89. The second kappa shape index (κ2) is 4.73. The first-order valence-corrected chi connectivity index (χ1v) is 6.20. The summed E-state index contributed by atoms with van der Waals surface area (Å²) in [5.74, 6) is -0.411. The van der Waals surface area contributed by atoms with Crippen LogP contribution in [0.5, 0.6) is 5.75 Å². The van der Waals surface area contributed by atoms with Crippen LogP contribution in [0.4, 0.5) is 0 Å². The Balaban J connectivity index is 2.12. The Labute approximate surface area is 122 Å². The summed E-state index contributed by atoms with van der Waals surface area (Å²) < 4.78 is 1.36. The van der Waals surface area contributed by atoms with Gasteiger partial charge < -0.3 is 5.11 Å². The van der Waals surface area contributed by atoms with Gasteiger partial charge in [-0.2, -0.15) is 10.1 Å². The number of ketones is 1. The van der Waals surface area contributed by atoms with Crippen LogP contribution < -0.4 is 0 Å². The number of benzene rings is 1. The predicted octanol–water partition coefficient (Wildman–Crippen LogP) is 2.37. The Morgan fingerprint density at radius 3 is 2.85 bits per heavy atom. The molecule has 20 heavy (non-hydrogen) atoms. The van der Waals surface area contributed by atoms with E-state index in [2.05, 4.69) is 15.1 Å². The SMILES string of the molecule is O=C(c1cnc2ncnn2c1)c1cc(Cl)cc(Cl)c1O. The molecule has 0 aliphatic carbocycles.